The van der Waals surface area contributed by atoms with Crippen LogP contribution < -0.4 is 0 Å². The summed E-state index contributed by atoms with van der Waals surface area (Å²) in [6.07, 6.45) is 120. The lowest BCUT2D eigenvalue weighted by molar-refractivity contribution is -0.161. The molecule has 1 unspecified atom stereocenters. The van der Waals surface area contributed by atoms with Crippen molar-refractivity contribution in [1.82, 2.24) is 0 Å². The number of carbonyl (C=O) groups excluding carboxylic acids is 2. The van der Waals surface area contributed by atoms with Gasteiger partial charge < -0.3 is 14.6 Å². The first-order chi connectivity index (χ1) is 45.6. The van der Waals surface area contributed by atoms with E-state index in [1.54, 1.807) is 0 Å². The topological polar surface area (TPSA) is 72.8 Å². The molecule has 1 atom stereocenters. The van der Waals surface area contributed by atoms with Crippen LogP contribution in [0, 0.1) is 0 Å². The van der Waals surface area contributed by atoms with Crippen molar-refractivity contribution in [2.24, 2.45) is 0 Å². The number of aliphatic hydroxyl groups is 1. The predicted molar refractivity (Wildman–Crippen MR) is 408 cm³/mol. The van der Waals surface area contributed by atoms with Gasteiger partial charge >= 0.3 is 11.9 Å². The van der Waals surface area contributed by atoms with E-state index in [0.29, 0.717) is 12.8 Å². The summed E-state index contributed by atoms with van der Waals surface area (Å²) < 4.78 is 10.8. The van der Waals surface area contributed by atoms with Crippen LogP contribution in [0.25, 0.3) is 0 Å². The lowest BCUT2D eigenvalue weighted by Gasteiger charge is -2.15. The number of rotatable bonds is 74. The average molecular weight is 1280 g/mol. The molecule has 92 heavy (non-hydrogen) atoms. The zero-order valence-electron chi connectivity index (χ0n) is 61.0. The van der Waals surface area contributed by atoms with Crippen molar-refractivity contribution < 1.29 is 24.2 Å². The van der Waals surface area contributed by atoms with Gasteiger partial charge in [-0.1, -0.05) is 399 Å². The summed E-state index contributed by atoms with van der Waals surface area (Å²) in [7, 11) is 0. The van der Waals surface area contributed by atoms with Crippen molar-refractivity contribution in [3.05, 3.63) is 122 Å². The van der Waals surface area contributed by atoms with Gasteiger partial charge in [0.25, 0.3) is 0 Å². The summed E-state index contributed by atoms with van der Waals surface area (Å²) in [6, 6.07) is 0. The first kappa shape index (κ1) is 88.3. The van der Waals surface area contributed by atoms with Crippen LogP contribution in [0.2, 0.25) is 0 Å². The fraction of sp³-hybridized carbons (Fsp3) is 0.747. The second-order valence-electron chi connectivity index (χ2n) is 26.8. The van der Waals surface area contributed by atoms with E-state index in [0.717, 1.165) is 96.3 Å². The first-order valence-electron chi connectivity index (χ1n) is 40.1. The summed E-state index contributed by atoms with van der Waals surface area (Å²) in [5.41, 5.74) is 0. The van der Waals surface area contributed by atoms with Gasteiger partial charge in [0.05, 0.1) is 6.61 Å². The zero-order valence-corrected chi connectivity index (χ0v) is 61.0. The highest BCUT2D eigenvalue weighted by atomic mass is 16.6. The Bertz CT molecular complexity index is 1790. The van der Waals surface area contributed by atoms with Crippen LogP contribution in [0.5, 0.6) is 0 Å². The van der Waals surface area contributed by atoms with Gasteiger partial charge in [0.2, 0.25) is 0 Å². The number of unbranched alkanes of at least 4 members (excludes halogenated alkanes) is 46. The molecule has 5 nitrogen and oxygen atoms in total. The number of hydrogen-bond acceptors (Lipinski definition) is 5. The fourth-order valence-electron chi connectivity index (χ4n) is 11.8. The molecule has 0 heterocycles. The molecule has 0 aromatic heterocycles. The van der Waals surface area contributed by atoms with Gasteiger partial charge in [-0.15, -0.1) is 0 Å². The quantitative estimate of drug-likeness (QED) is 0.0373. The van der Waals surface area contributed by atoms with Gasteiger partial charge in [-0.05, 0) is 109 Å². The molecule has 0 rings (SSSR count). The lowest BCUT2D eigenvalue weighted by Crippen LogP contribution is -2.28. The number of carbonyl (C=O) groups is 2. The molecule has 0 amide bonds. The molecule has 0 radical (unpaired) electrons. The number of esters is 2. The molecule has 0 aromatic rings. The summed E-state index contributed by atoms with van der Waals surface area (Å²) in [4.78, 5) is 24.7. The molecule has 0 fully saturated rings. The monoisotopic (exact) mass is 1280 g/mol. The third-order valence-corrected chi connectivity index (χ3v) is 17.7. The Labute approximate surface area is 573 Å². The van der Waals surface area contributed by atoms with Gasteiger partial charge in [-0.25, -0.2) is 0 Å². The molecule has 0 aliphatic rings. The van der Waals surface area contributed by atoms with E-state index in [9.17, 15) is 14.7 Å². The first-order valence-corrected chi connectivity index (χ1v) is 40.1. The minimum Gasteiger partial charge on any atom is -0.462 e. The zero-order chi connectivity index (χ0) is 66.1. The van der Waals surface area contributed by atoms with E-state index >= 15 is 0 Å². The third kappa shape index (κ3) is 78.7. The molecular weight excluding hydrogens is 1120 g/mol. The summed E-state index contributed by atoms with van der Waals surface area (Å²) in [6.45, 7) is 4.06. The number of allylic oxidation sites excluding steroid dienone is 20. The Morgan fingerprint density at radius 2 is 0.467 bits per heavy atom. The van der Waals surface area contributed by atoms with E-state index in [2.05, 4.69) is 135 Å². The maximum absolute atomic E-state index is 12.4. The summed E-state index contributed by atoms with van der Waals surface area (Å²) in [5.74, 6) is -0.574. The van der Waals surface area contributed by atoms with Gasteiger partial charge in [-0.2, -0.15) is 0 Å². The third-order valence-electron chi connectivity index (χ3n) is 17.7. The van der Waals surface area contributed by atoms with Crippen LogP contribution in [-0.2, 0) is 19.1 Å². The highest BCUT2D eigenvalue weighted by Crippen LogP contribution is 2.19. The molecular formula is C87H152O5. The molecule has 0 aliphatic carbocycles. The Balaban J connectivity index is 3.42. The van der Waals surface area contributed by atoms with Crippen LogP contribution in [-0.4, -0.2) is 36.4 Å². The van der Waals surface area contributed by atoms with Crippen LogP contribution in [0.1, 0.15) is 399 Å². The fourth-order valence-corrected chi connectivity index (χ4v) is 11.8. The van der Waals surface area contributed by atoms with Crippen LogP contribution >= 0.6 is 0 Å². The normalized spacial score (nSPS) is 12.9. The second kappa shape index (κ2) is 81.5. The van der Waals surface area contributed by atoms with Crippen LogP contribution in [0.15, 0.2) is 122 Å². The predicted octanol–water partition coefficient (Wildman–Crippen LogP) is 28.4. The number of ether oxygens (including phenoxy) is 2. The van der Waals surface area contributed by atoms with E-state index in [4.69, 9.17) is 9.47 Å². The molecule has 0 aliphatic heterocycles. The van der Waals surface area contributed by atoms with E-state index < -0.39 is 6.10 Å². The molecule has 0 spiro atoms. The smallest absolute Gasteiger partial charge is 0.306 e. The highest BCUT2D eigenvalue weighted by Gasteiger charge is 2.16. The van der Waals surface area contributed by atoms with Crippen molar-refractivity contribution in [2.75, 3.05) is 13.2 Å². The van der Waals surface area contributed by atoms with Crippen LogP contribution in [0.3, 0.4) is 0 Å². The maximum atomic E-state index is 12.4. The van der Waals surface area contributed by atoms with E-state index in [1.807, 2.05) is 0 Å². The van der Waals surface area contributed by atoms with Crippen LogP contribution in [0.4, 0.5) is 0 Å². The minimum atomic E-state index is -0.777. The van der Waals surface area contributed by atoms with Crippen molar-refractivity contribution in [3.63, 3.8) is 0 Å². The largest absolute Gasteiger partial charge is 0.462 e. The molecule has 0 aromatic carbocycles. The van der Waals surface area contributed by atoms with Crippen molar-refractivity contribution in [2.45, 2.75) is 405 Å². The molecule has 530 valence electrons. The number of aliphatic hydroxyl groups excluding tert-OH is 1. The average Bonchev–Trinajstić information content (AvgIpc) is 3.75. The highest BCUT2D eigenvalue weighted by molar-refractivity contribution is 5.70. The van der Waals surface area contributed by atoms with Gasteiger partial charge in [0, 0.05) is 12.8 Å². The Morgan fingerprint density at radius 1 is 0.261 bits per heavy atom. The second-order valence-corrected chi connectivity index (χ2v) is 26.8. The standard InChI is InChI=1S/C87H152O5/c1-3-5-7-9-11-13-15-17-19-21-23-25-27-29-31-33-35-37-39-41-43-45-47-49-51-53-55-57-59-61-63-65-67-69-71-73-75-77-79-81-86(89)91-84-85(83-88)92-87(90)82-80-78-76-74-72-70-68-66-64-62-60-58-56-54-52-50-48-46-44-42-40-38-36-34-32-30-28-26-24-22-20-18-16-14-12-10-8-6-4-2/h6,8,12,14-15,17-18,20-21,23-24,26-27,29-30,32,36,38,42,44,85,88H,3-5,7,9-11,13,16,19,22,25,28,31,33-35,37,39-41,43,45-84H2,1-2H3/b8-6-,14-12-,17-15-,20-18-,23-21-,26-24-,29-27-,32-30-,38-36-,44-42-. The van der Waals surface area contributed by atoms with Crippen molar-refractivity contribution in [1.29, 1.82) is 0 Å². The summed E-state index contributed by atoms with van der Waals surface area (Å²) in [5, 5.41) is 9.73. The van der Waals surface area contributed by atoms with E-state index in [1.165, 1.54) is 276 Å². The van der Waals surface area contributed by atoms with Crippen molar-refractivity contribution >= 4 is 11.9 Å². The Kier molecular flexibility index (Phi) is 78.3. The lowest BCUT2D eigenvalue weighted by atomic mass is 10.0. The Morgan fingerprint density at radius 3 is 0.707 bits per heavy atom. The minimum absolute atomic E-state index is 0.0646. The SMILES string of the molecule is CC/C=C\C/C=C\C/C=C\C/C=C\C/C=C\C/C=C\C/C=C\CCCCCCCCCCCCCCCCCCCC(=O)OC(CO)COC(=O)CCCCCCCCCCCCCCCCCCCCCCCCCC/C=C\C/C=C\C/C=C\CCCCCCC. The van der Waals surface area contributed by atoms with Gasteiger partial charge in [-0.3, -0.25) is 9.59 Å². The van der Waals surface area contributed by atoms with Crippen molar-refractivity contribution in [3.8, 4) is 0 Å². The maximum Gasteiger partial charge on any atom is 0.306 e. The molecule has 0 bridgehead atoms. The Hall–Kier alpha value is -3.70. The van der Waals surface area contributed by atoms with Gasteiger partial charge in [0.1, 0.15) is 6.61 Å². The van der Waals surface area contributed by atoms with Gasteiger partial charge in [0.15, 0.2) is 6.10 Å². The molecule has 0 saturated carbocycles. The summed E-state index contributed by atoms with van der Waals surface area (Å²) >= 11 is 0. The molecule has 5 heteroatoms. The number of hydrogen-bond donors (Lipinski definition) is 1. The molecule has 0 saturated heterocycles. The molecule has 1 N–H and O–H groups in total. The van der Waals surface area contributed by atoms with E-state index in [-0.39, 0.29) is 25.2 Å².